The van der Waals surface area contributed by atoms with Crippen molar-refractivity contribution in [3.05, 3.63) is 59.4 Å². The average Bonchev–Trinajstić information content (AvgIpc) is 3.30. The lowest BCUT2D eigenvalue weighted by Gasteiger charge is -2.30. The van der Waals surface area contributed by atoms with Gasteiger partial charge in [-0.1, -0.05) is 24.3 Å². The van der Waals surface area contributed by atoms with E-state index in [1.807, 2.05) is 26.8 Å². The summed E-state index contributed by atoms with van der Waals surface area (Å²) >= 11 is 0. The summed E-state index contributed by atoms with van der Waals surface area (Å²) in [6.07, 6.45) is 0.286. The van der Waals surface area contributed by atoms with Gasteiger partial charge in [-0.05, 0) is 44.5 Å². The first kappa shape index (κ1) is 27.9. The molecule has 10 heteroatoms. The number of nitrogens with zero attached hydrogens (tertiary/aromatic N) is 3. The number of halogens is 1. The highest BCUT2D eigenvalue weighted by Crippen LogP contribution is 2.37. The molecule has 0 unspecified atom stereocenters. The summed E-state index contributed by atoms with van der Waals surface area (Å²) in [5, 5.41) is 8.75. The molecule has 1 atom stereocenters. The van der Waals surface area contributed by atoms with Crippen molar-refractivity contribution in [3.8, 4) is 11.5 Å². The van der Waals surface area contributed by atoms with Crippen molar-refractivity contribution in [3.63, 3.8) is 0 Å². The predicted molar refractivity (Wildman–Crippen MR) is 138 cm³/mol. The zero-order valence-electron chi connectivity index (χ0n) is 22.2. The van der Waals surface area contributed by atoms with Gasteiger partial charge < -0.3 is 24.4 Å². The fraction of sp³-hybridized carbons (Fsp3) is 0.444. The number of nitrogens with one attached hydrogen (secondary N) is 1. The van der Waals surface area contributed by atoms with Crippen LogP contribution in [0.25, 0.3) is 0 Å². The lowest BCUT2D eigenvalue weighted by Crippen LogP contribution is -2.52. The number of benzene rings is 2. The lowest BCUT2D eigenvalue weighted by atomic mass is 9.97. The number of carbonyl (C=O) groups excluding carboxylic acids is 2. The maximum Gasteiger partial charge on any atom is 0.318 e. The molecular weight excluding hydrogens is 479 g/mol. The van der Waals surface area contributed by atoms with Crippen LogP contribution >= 0.6 is 0 Å². The number of methoxy groups -OCH3 is 3. The number of hydrogen-bond donors (Lipinski definition) is 1. The molecular formula is C27H35FN4O5. The van der Waals surface area contributed by atoms with Crippen LogP contribution in [0.15, 0.2) is 47.6 Å². The summed E-state index contributed by atoms with van der Waals surface area (Å²) in [5.41, 5.74) is 1.01. The normalized spacial score (nSPS) is 15.3. The Bertz CT molecular complexity index is 1150. The second-order valence-electron chi connectivity index (χ2n) is 9.69. The molecule has 0 fully saturated rings. The van der Waals surface area contributed by atoms with E-state index >= 15 is 0 Å². The zero-order valence-corrected chi connectivity index (χ0v) is 22.2. The van der Waals surface area contributed by atoms with E-state index in [1.54, 1.807) is 37.4 Å². The van der Waals surface area contributed by atoms with Crippen LogP contribution in [0.1, 0.15) is 44.4 Å². The van der Waals surface area contributed by atoms with Crippen LogP contribution in [0.5, 0.6) is 11.5 Å². The Kier molecular flexibility index (Phi) is 9.09. The predicted octanol–water partition coefficient (Wildman–Crippen LogP) is 3.98. The van der Waals surface area contributed by atoms with Gasteiger partial charge >= 0.3 is 6.03 Å². The highest BCUT2D eigenvalue weighted by Gasteiger charge is 2.36. The minimum Gasteiger partial charge on any atom is -0.493 e. The third kappa shape index (κ3) is 6.97. The molecule has 2 aromatic rings. The van der Waals surface area contributed by atoms with E-state index in [4.69, 9.17) is 14.2 Å². The second kappa shape index (κ2) is 12.1. The maximum absolute atomic E-state index is 14.6. The summed E-state index contributed by atoms with van der Waals surface area (Å²) < 4.78 is 30.6. The van der Waals surface area contributed by atoms with Crippen LogP contribution in [-0.2, 0) is 9.53 Å². The standard InChI is InChI=1S/C27H35FN4O5/c1-27(2,3)29-26(34)31(13-14-35-4)17-25(33)32-22(18-11-12-23(36-5)24(15-18)37-6)16-21(30-32)19-9-7-8-10-20(19)28/h7-12,15,22H,13-14,16-17H2,1-6H3,(H,29,34)/t22-/m0/s1. The Morgan fingerprint density at radius 2 is 1.81 bits per heavy atom. The fourth-order valence-electron chi connectivity index (χ4n) is 4.01. The van der Waals surface area contributed by atoms with Crippen molar-refractivity contribution >= 4 is 17.6 Å². The van der Waals surface area contributed by atoms with E-state index in [-0.39, 0.29) is 26.1 Å². The van der Waals surface area contributed by atoms with E-state index < -0.39 is 29.3 Å². The summed E-state index contributed by atoms with van der Waals surface area (Å²) in [5.74, 6) is 0.208. The summed E-state index contributed by atoms with van der Waals surface area (Å²) in [4.78, 5) is 27.9. The van der Waals surface area contributed by atoms with Crippen molar-refractivity contribution in [1.82, 2.24) is 15.2 Å². The van der Waals surface area contributed by atoms with Gasteiger partial charge in [-0.25, -0.2) is 14.2 Å². The van der Waals surface area contributed by atoms with E-state index in [0.717, 1.165) is 5.56 Å². The Labute approximate surface area is 217 Å². The summed E-state index contributed by atoms with van der Waals surface area (Å²) in [7, 11) is 4.60. The molecule has 0 bridgehead atoms. The van der Waals surface area contributed by atoms with Crippen molar-refractivity contribution in [2.45, 2.75) is 38.8 Å². The number of carbonyl (C=O) groups is 2. The van der Waals surface area contributed by atoms with Gasteiger partial charge in [-0.2, -0.15) is 5.10 Å². The van der Waals surface area contributed by atoms with Gasteiger partial charge in [0.2, 0.25) is 0 Å². The Morgan fingerprint density at radius 3 is 2.43 bits per heavy atom. The third-order valence-electron chi connectivity index (χ3n) is 5.80. The third-order valence-corrected chi connectivity index (χ3v) is 5.80. The first-order valence-electron chi connectivity index (χ1n) is 12.0. The molecule has 2 aromatic carbocycles. The highest BCUT2D eigenvalue weighted by atomic mass is 19.1. The van der Waals surface area contributed by atoms with E-state index in [2.05, 4.69) is 10.4 Å². The van der Waals surface area contributed by atoms with E-state index in [0.29, 0.717) is 22.8 Å². The van der Waals surface area contributed by atoms with Crippen LogP contribution in [0, 0.1) is 5.82 Å². The second-order valence-corrected chi connectivity index (χ2v) is 9.69. The Balaban J connectivity index is 1.96. The van der Waals surface area contributed by atoms with Gasteiger partial charge in [0.1, 0.15) is 12.4 Å². The van der Waals surface area contributed by atoms with Crippen LogP contribution < -0.4 is 14.8 Å². The number of hydrogen-bond acceptors (Lipinski definition) is 6. The molecule has 0 spiro atoms. The summed E-state index contributed by atoms with van der Waals surface area (Å²) in [6, 6.07) is 10.7. The van der Waals surface area contributed by atoms with Gasteiger partial charge in [0.15, 0.2) is 11.5 Å². The fourth-order valence-corrected chi connectivity index (χ4v) is 4.01. The molecule has 3 rings (SSSR count). The summed E-state index contributed by atoms with van der Waals surface area (Å²) in [6.45, 7) is 5.82. The van der Waals surface area contributed by atoms with Crippen molar-refractivity contribution in [2.75, 3.05) is 41.0 Å². The van der Waals surface area contributed by atoms with Gasteiger partial charge in [-0.3, -0.25) is 4.79 Å². The molecule has 9 nitrogen and oxygen atoms in total. The molecule has 0 saturated carbocycles. The molecule has 0 aliphatic carbocycles. The number of ether oxygens (including phenoxy) is 3. The first-order chi connectivity index (χ1) is 17.6. The molecule has 37 heavy (non-hydrogen) atoms. The van der Waals surface area contributed by atoms with E-state index in [1.165, 1.54) is 30.2 Å². The number of urea groups is 1. The van der Waals surface area contributed by atoms with Crippen molar-refractivity contribution < 1.29 is 28.2 Å². The van der Waals surface area contributed by atoms with Gasteiger partial charge in [0.05, 0.1) is 32.6 Å². The molecule has 3 amide bonds. The monoisotopic (exact) mass is 514 g/mol. The Morgan fingerprint density at radius 1 is 1.11 bits per heavy atom. The number of hydrazone groups is 1. The van der Waals surface area contributed by atoms with Crippen LogP contribution in [0.3, 0.4) is 0 Å². The van der Waals surface area contributed by atoms with Crippen molar-refractivity contribution in [2.24, 2.45) is 5.10 Å². The van der Waals surface area contributed by atoms with Gasteiger partial charge in [0.25, 0.3) is 5.91 Å². The molecule has 0 radical (unpaired) electrons. The van der Waals surface area contributed by atoms with Crippen LogP contribution in [0.4, 0.5) is 9.18 Å². The molecule has 1 aliphatic heterocycles. The molecule has 1 heterocycles. The Hall–Kier alpha value is -3.66. The minimum absolute atomic E-state index is 0.211. The molecule has 200 valence electrons. The van der Waals surface area contributed by atoms with Crippen LogP contribution in [0.2, 0.25) is 0 Å². The largest absolute Gasteiger partial charge is 0.493 e. The zero-order chi connectivity index (χ0) is 27.2. The number of rotatable bonds is 9. The first-order valence-corrected chi connectivity index (χ1v) is 12.0. The SMILES string of the molecule is COCCN(CC(=O)N1N=C(c2ccccc2F)C[C@H]1c1ccc(OC)c(OC)c1)C(=O)NC(C)(C)C. The number of amides is 3. The quantitative estimate of drug-likeness (QED) is 0.547. The lowest BCUT2D eigenvalue weighted by molar-refractivity contribution is -0.133. The molecule has 1 aliphatic rings. The topological polar surface area (TPSA) is 92.7 Å². The maximum atomic E-state index is 14.6. The van der Waals surface area contributed by atoms with Crippen LogP contribution in [-0.4, -0.2) is 74.1 Å². The highest BCUT2D eigenvalue weighted by molar-refractivity contribution is 6.03. The molecule has 0 saturated heterocycles. The smallest absolute Gasteiger partial charge is 0.318 e. The van der Waals surface area contributed by atoms with Gasteiger partial charge in [-0.15, -0.1) is 0 Å². The van der Waals surface area contributed by atoms with Gasteiger partial charge in [0, 0.05) is 31.2 Å². The molecule has 1 N–H and O–H groups in total. The van der Waals surface area contributed by atoms with Crippen molar-refractivity contribution in [1.29, 1.82) is 0 Å². The van der Waals surface area contributed by atoms with E-state index in [9.17, 15) is 14.0 Å². The average molecular weight is 515 g/mol. The molecule has 0 aromatic heterocycles. The minimum atomic E-state index is -0.531.